The Bertz CT molecular complexity index is 3250. The summed E-state index contributed by atoms with van der Waals surface area (Å²) in [7, 11) is 0. The van der Waals surface area contributed by atoms with Crippen LogP contribution >= 0.6 is 0 Å². The van der Waals surface area contributed by atoms with Gasteiger partial charge < -0.3 is 60.2 Å². The Morgan fingerprint density at radius 3 is 1.31 bits per heavy atom. The molecule has 9 N–H and O–H groups in total. The highest BCUT2D eigenvalue weighted by Gasteiger charge is 2.46. The fourth-order valence-electron chi connectivity index (χ4n) is 10.0. The molecule has 0 aliphatic carbocycles. The lowest BCUT2D eigenvalue weighted by Gasteiger charge is -2.23. The van der Waals surface area contributed by atoms with Crippen molar-refractivity contribution in [3.63, 3.8) is 0 Å². The van der Waals surface area contributed by atoms with Crippen LogP contribution in [0.25, 0.3) is 12.2 Å². The number of fused-ring (bicyclic) bond motifs is 3. The summed E-state index contributed by atoms with van der Waals surface area (Å²) in [5, 5.41) is 97.6. The molecular formula is C56H42O12. The molecule has 0 spiro atoms. The highest BCUT2D eigenvalue weighted by molar-refractivity contribution is 5.73. The van der Waals surface area contributed by atoms with E-state index in [1.54, 1.807) is 115 Å². The van der Waals surface area contributed by atoms with Crippen molar-refractivity contribution in [2.24, 2.45) is 0 Å². The predicted molar refractivity (Wildman–Crippen MR) is 251 cm³/mol. The maximum atomic E-state index is 12.4. The topological polar surface area (TPSA) is 210 Å². The molecule has 0 radical (unpaired) electrons. The molecule has 0 unspecified atom stereocenters. The number of rotatable bonds is 8. The molecule has 3 heterocycles. The molecule has 3 aliphatic heterocycles. The second-order valence-corrected chi connectivity index (χ2v) is 17.4. The Balaban J connectivity index is 1.04. The van der Waals surface area contributed by atoms with E-state index in [9.17, 15) is 46.0 Å². The van der Waals surface area contributed by atoms with Crippen molar-refractivity contribution in [1.29, 1.82) is 0 Å². The minimum Gasteiger partial charge on any atom is -0.508 e. The Hall–Kier alpha value is -8.90. The maximum absolute atomic E-state index is 12.4. The molecule has 0 saturated heterocycles. The van der Waals surface area contributed by atoms with Gasteiger partial charge in [-0.05, 0) is 130 Å². The minimum atomic E-state index is -0.828. The SMILES string of the molecule is Oc1ccc(C=Cc2cc(O)c3c(c2)O[C@H](c2ccc(O)cc2)[C@H]3c2cc(O)c3c(c2)O[C@H](c2ccc(O)cc2)[C@H]3c2cc(O)c3c(c2)[C@H](c2ccc(O)cc2)[C@@H](c2cc(O)cc(O)c2)O3)cc1. The van der Waals surface area contributed by atoms with Gasteiger partial charge in [-0.2, -0.15) is 0 Å². The molecule has 3 aliphatic rings. The monoisotopic (exact) mass is 906 g/mol. The maximum Gasteiger partial charge on any atom is 0.165 e. The molecule has 12 nitrogen and oxygen atoms in total. The van der Waals surface area contributed by atoms with Crippen molar-refractivity contribution >= 4 is 12.2 Å². The molecule has 12 heteroatoms. The van der Waals surface area contributed by atoms with Crippen molar-refractivity contribution in [3.8, 4) is 69.0 Å². The van der Waals surface area contributed by atoms with Gasteiger partial charge in [0.1, 0.15) is 75.8 Å². The summed E-state index contributed by atoms with van der Waals surface area (Å²) in [4.78, 5) is 0. The van der Waals surface area contributed by atoms with Crippen LogP contribution in [0, 0.1) is 0 Å². The van der Waals surface area contributed by atoms with Crippen LogP contribution in [0.5, 0.6) is 69.0 Å². The van der Waals surface area contributed by atoms with Crippen LogP contribution in [0.15, 0.2) is 152 Å². The van der Waals surface area contributed by atoms with E-state index in [-0.39, 0.29) is 57.5 Å². The van der Waals surface area contributed by atoms with E-state index in [2.05, 4.69) is 0 Å². The fraction of sp³-hybridized carbons (Fsp3) is 0.107. The summed E-state index contributed by atoms with van der Waals surface area (Å²) in [5.41, 5.74) is 6.56. The highest BCUT2D eigenvalue weighted by atomic mass is 16.5. The van der Waals surface area contributed by atoms with Crippen molar-refractivity contribution < 1.29 is 60.2 Å². The first-order chi connectivity index (χ1) is 32.8. The summed E-state index contributed by atoms with van der Waals surface area (Å²) >= 11 is 0. The summed E-state index contributed by atoms with van der Waals surface area (Å²) in [6, 6.07) is 40.9. The molecule has 0 saturated carbocycles. The van der Waals surface area contributed by atoms with Crippen LogP contribution in [-0.4, -0.2) is 46.0 Å². The number of aromatic hydroxyl groups is 9. The third-order valence-corrected chi connectivity index (χ3v) is 13.1. The number of phenols is 9. The van der Waals surface area contributed by atoms with Gasteiger partial charge in [0.25, 0.3) is 0 Å². The first-order valence-electron chi connectivity index (χ1n) is 21.8. The Kier molecular flexibility index (Phi) is 9.96. The zero-order chi connectivity index (χ0) is 47.0. The lowest BCUT2D eigenvalue weighted by atomic mass is 9.79. The second kappa shape index (κ2) is 16.2. The van der Waals surface area contributed by atoms with E-state index in [1.165, 1.54) is 18.2 Å². The zero-order valence-corrected chi connectivity index (χ0v) is 35.8. The highest BCUT2D eigenvalue weighted by Crippen LogP contribution is 2.61. The molecule has 0 amide bonds. The van der Waals surface area contributed by atoms with E-state index in [0.29, 0.717) is 67.1 Å². The van der Waals surface area contributed by atoms with Crippen LogP contribution in [0.1, 0.15) is 97.3 Å². The van der Waals surface area contributed by atoms with Gasteiger partial charge in [-0.3, -0.25) is 0 Å². The fourth-order valence-corrected chi connectivity index (χ4v) is 10.0. The second-order valence-electron chi connectivity index (χ2n) is 17.4. The molecule has 338 valence electrons. The molecule has 6 atom stereocenters. The van der Waals surface area contributed by atoms with Crippen molar-refractivity contribution in [2.75, 3.05) is 0 Å². The van der Waals surface area contributed by atoms with Gasteiger partial charge in [-0.25, -0.2) is 0 Å². The molecule has 68 heavy (non-hydrogen) atoms. The smallest absolute Gasteiger partial charge is 0.165 e. The molecule has 0 aromatic heterocycles. The quantitative estimate of drug-likeness (QED) is 0.0652. The van der Waals surface area contributed by atoms with Gasteiger partial charge in [0.15, 0.2) is 11.5 Å². The molecule has 0 fully saturated rings. The lowest BCUT2D eigenvalue weighted by Crippen LogP contribution is -2.13. The standard InChI is InChI=1S/C56H42O12/c57-36-11-3-28(4-12-36)1-2-29-19-43(63)51-46(20-29)66-54(32-9-17-39(60)18-10-32)50(51)34-24-44(64)52-47(26-34)67-53(31-7-15-38(59)16-8-31)49(52)33-23-42-48(30-5-13-37(58)14-6-30)55(68-56(42)45(65)25-33)35-21-40(61)27-41(62)22-35/h1-27,48-50,53-55,57-65H/t48-,49-,50-,53+,54+,55+/m0/s1. The summed E-state index contributed by atoms with van der Waals surface area (Å²) in [5.74, 6) is -1.57. The summed E-state index contributed by atoms with van der Waals surface area (Å²) < 4.78 is 20.0. The van der Waals surface area contributed by atoms with Gasteiger partial charge in [-0.1, -0.05) is 66.7 Å². The van der Waals surface area contributed by atoms with Crippen LogP contribution in [0.4, 0.5) is 0 Å². The third-order valence-electron chi connectivity index (χ3n) is 13.1. The third kappa shape index (κ3) is 7.37. The number of hydrogen-bond acceptors (Lipinski definition) is 12. The van der Waals surface area contributed by atoms with E-state index in [4.69, 9.17) is 14.2 Å². The Labute approximate surface area is 389 Å². The molecule has 11 rings (SSSR count). The summed E-state index contributed by atoms with van der Waals surface area (Å²) in [6.45, 7) is 0. The largest absolute Gasteiger partial charge is 0.508 e. The van der Waals surface area contributed by atoms with Crippen molar-refractivity contribution in [3.05, 3.63) is 213 Å². The number of benzene rings is 8. The Morgan fingerprint density at radius 1 is 0.309 bits per heavy atom. The number of ether oxygens (including phenoxy) is 3. The van der Waals surface area contributed by atoms with E-state index in [0.717, 1.165) is 5.56 Å². The normalized spacial score (nSPS) is 20.0. The zero-order valence-electron chi connectivity index (χ0n) is 35.8. The molecular weight excluding hydrogens is 865 g/mol. The van der Waals surface area contributed by atoms with Gasteiger partial charge in [0.2, 0.25) is 0 Å². The number of hydrogen-bond donors (Lipinski definition) is 9. The van der Waals surface area contributed by atoms with E-state index in [1.807, 2.05) is 30.4 Å². The molecule has 8 aromatic rings. The first kappa shape index (κ1) is 41.8. The average Bonchev–Trinajstić information content (AvgIpc) is 4.02. The van der Waals surface area contributed by atoms with E-state index >= 15 is 0 Å². The lowest BCUT2D eigenvalue weighted by molar-refractivity contribution is 0.214. The van der Waals surface area contributed by atoms with Gasteiger partial charge >= 0.3 is 0 Å². The van der Waals surface area contributed by atoms with Crippen LogP contribution in [0.2, 0.25) is 0 Å². The average molecular weight is 907 g/mol. The number of phenolic OH excluding ortho intramolecular Hbond substituents is 9. The van der Waals surface area contributed by atoms with Crippen molar-refractivity contribution in [2.45, 2.75) is 36.1 Å². The van der Waals surface area contributed by atoms with Crippen LogP contribution in [0.3, 0.4) is 0 Å². The van der Waals surface area contributed by atoms with Crippen molar-refractivity contribution in [1.82, 2.24) is 0 Å². The summed E-state index contributed by atoms with van der Waals surface area (Å²) in [6.07, 6.45) is 1.33. The first-order valence-corrected chi connectivity index (χ1v) is 21.8. The van der Waals surface area contributed by atoms with Gasteiger partial charge in [-0.15, -0.1) is 0 Å². The predicted octanol–water partition coefficient (Wildman–Crippen LogP) is 11.0. The minimum absolute atomic E-state index is 0.0398. The van der Waals surface area contributed by atoms with E-state index < -0.39 is 36.1 Å². The van der Waals surface area contributed by atoms with Crippen LogP contribution in [-0.2, 0) is 0 Å². The van der Waals surface area contributed by atoms with Crippen LogP contribution < -0.4 is 14.2 Å². The molecule has 8 aromatic carbocycles. The Morgan fingerprint density at radius 2 is 0.750 bits per heavy atom. The van der Waals surface area contributed by atoms with Gasteiger partial charge in [0, 0.05) is 28.3 Å². The molecule has 0 bridgehead atoms. The van der Waals surface area contributed by atoms with Gasteiger partial charge in [0.05, 0.1) is 17.8 Å².